The van der Waals surface area contributed by atoms with Crippen molar-refractivity contribution in [2.24, 2.45) is 5.92 Å². The fraction of sp³-hybridized carbons (Fsp3) is 0.583. The van der Waals surface area contributed by atoms with E-state index in [-0.39, 0.29) is 0 Å². The zero-order valence-electron chi connectivity index (χ0n) is 9.63. The molecule has 0 spiro atoms. The highest BCUT2D eigenvalue weighted by atomic mass is 79.9. The van der Waals surface area contributed by atoms with E-state index in [4.69, 9.17) is 0 Å². The van der Waals surface area contributed by atoms with Gasteiger partial charge in [0.1, 0.15) is 0 Å². The molecular weight excluding hydrogens is 252 g/mol. The Morgan fingerprint density at radius 2 is 2.13 bits per heavy atom. The third-order valence-corrected chi connectivity index (χ3v) is 3.06. The molecule has 1 rings (SSSR count). The van der Waals surface area contributed by atoms with Crippen LogP contribution in [0.5, 0.6) is 0 Å². The molecule has 0 aromatic carbocycles. The molecule has 2 atom stereocenters. The summed E-state index contributed by atoms with van der Waals surface area (Å²) in [5, 5.41) is 3.26. The molecule has 1 N–H and O–H groups in total. The standard InChI is InChI=1S/C12H19BrN2/c1-9(6-10(2)14-3)7-12-5-4-11(13)8-15-12/h4-5,8-10,14H,6-7H2,1-3H3. The Morgan fingerprint density at radius 3 is 2.67 bits per heavy atom. The van der Waals surface area contributed by atoms with Crippen LogP contribution in [0.3, 0.4) is 0 Å². The predicted molar refractivity (Wildman–Crippen MR) is 67.9 cm³/mol. The molecule has 0 saturated heterocycles. The molecule has 2 unspecified atom stereocenters. The summed E-state index contributed by atoms with van der Waals surface area (Å²) in [6.07, 6.45) is 4.11. The lowest BCUT2D eigenvalue weighted by Gasteiger charge is -2.16. The number of halogens is 1. The zero-order valence-corrected chi connectivity index (χ0v) is 11.2. The van der Waals surface area contributed by atoms with E-state index in [1.165, 1.54) is 12.1 Å². The van der Waals surface area contributed by atoms with Crippen LogP contribution in [-0.2, 0) is 6.42 Å². The number of aromatic nitrogens is 1. The largest absolute Gasteiger partial charge is 0.317 e. The molecule has 0 aliphatic rings. The Bertz CT molecular complexity index is 284. The van der Waals surface area contributed by atoms with Gasteiger partial charge >= 0.3 is 0 Å². The first-order valence-corrected chi connectivity index (χ1v) is 6.18. The van der Waals surface area contributed by atoms with E-state index >= 15 is 0 Å². The lowest BCUT2D eigenvalue weighted by Crippen LogP contribution is -2.24. The van der Waals surface area contributed by atoms with Crippen LogP contribution in [0.15, 0.2) is 22.8 Å². The molecule has 2 nitrogen and oxygen atoms in total. The summed E-state index contributed by atoms with van der Waals surface area (Å²) in [5.74, 6) is 0.668. The monoisotopic (exact) mass is 270 g/mol. The molecule has 0 fully saturated rings. The number of nitrogens with one attached hydrogen (secondary N) is 1. The molecule has 1 aromatic heterocycles. The minimum Gasteiger partial charge on any atom is -0.317 e. The van der Waals surface area contributed by atoms with Gasteiger partial charge in [0, 0.05) is 22.4 Å². The molecule has 0 amide bonds. The quantitative estimate of drug-likeness (QED) is 0.890. The number of hydrogen-bond acceptors (Lipinski definition) is 2. The Hall–Kier alpha value is -0.410. The van der Waals surface area contributed by atoms with Crippen molar-refractivity contribution < 1.29 is 0 Å². The molecule has 15 heavy (non-hydrogen) atoms. The first-order chi connectivity index (χ1) is 7.11. The van der Waals surface area contributed by atoms with Gasteiger partial charge < -0.3 is 5.32 Å². The van der Waals surface area contributed by atoms with Crippen molar-refractivity contribution in [2.45, 2.75) is 32.7 Å². The van der Waals surface area contributed by atoms with Gasteiger partial charge in [-0.05, 0) is 60.8 Å². The summed E-state index contributed by atoms with van der Waals surface area (Å²) < 4.78 is 1.04. The molecule has 0 radical (unpaired) electrons. The van der Waals surface area contributed by atoms with Crippen molar-refractivity contribution in [3.8, 4) is 0 Å². The Morgan fingerprint density at radius 1 is 1.40 bits per heavy atom. The van der Waals surface area contributed by atoms with Gasteiger partial charge in [-0.1, -0.05) is 6.92 Å². The molecular formula is C12H19BrN2. The van der Waals surface area contributed by atoms with Crippen LogP contribution in [0.2, 0.25) is 0 Å². The van der Waals surface area contributed by atoms with E-state index in [1.54, 1.807) is 0 Å². The van der Waals surface area contributed by atoms with Crippen LogP contribution in [0.25, 0.3) is 0 Å². The first-order valence-electron chi connectivity index (χ1n) is 5.39. The fourth-order valence-electron chi connectivity index (χ4n) is 1.69. The smallest absolute Gasteiger partial charge is 0.0413 e. The molecule has 3 heteroatoms. The summed E-state index contributed by atoms with van der Waals surface area (Å²) in [5.41, 5.74) is 1.18. The lowest BCUT2D eigenvalue weighted by atomic mass is 9.97. The maximum Gasteiger partial charge on any atom is 0.0413 e. The summed E-state index contributed by atoms with van der Waals surface area (Å²) in [7, 11) is 2.01. The second-order valence-electron chi connectivity index (χ2n) is 4.20. The van der Waals surface area contributed by atoms with E-state index in [1.807, 2.05) is 13.2 Å². The Labute approximate surface area is 101 Å². The summed E-state index contributed by atoms with van der Waals surface area (Å²) in [4.78, 5) is 4.38. The highest BCUT2D eigenvalue weighted by molar-refractivity contribution is 9.10. The van der Waals surface area contributed by atoms with E-state index in [0.717, 1.165) is 10.9 Å². The average Bonchev–Trinajstić information content (AvgIpc) is 2.21. The van der Waals surface area contributed by atoms with Gasteiger partial charge in [-0.25, -0.2) is 0 Å². The van der Waals surface area contributed by atoms with Crippen molar-refractivity contribution in [1.82, 2.24) is 10.3 Å². The highest BCUT2D eigenvalue weighted by Crippen LogP contribution is 2.14. The van der Waals surface area contributed by atoms with Gasteiger partial charge in [0.15, 0.2) is 0 Å². The lowest BCUT2D eigenvalue weighted by molar-refractivity contribution is 0.437. The van der Waals surface area contributed by atoms with Crippen LogP contribution in [-0.4, -0.2) is 18.1 Å². The van der Waals surface area contributed by atoms with Crippen LogP contribution in [0.1, 0.15) is 26.0 Å². The van der Waals surface area contributed by atoms with Crippen LogP contribution in [0.4, 0.5) is 0 Å². The van der Waals surface area contributed by atoms with Crippen LogP contribution < -0.4 is 5.32 Å². The van der Waals surface area contributed by atoms with E-state index in [0.29, 0.717) is 12.0 Å². The molecule has 0 bridgehead atoms. The highest BCUT2D eigenvalue weighted by Gasteiger charge is 2.08. The van der Waals surface area contributed by atoms with Gasteiger partial charge in [0.2, 0.25) is 0 Å². The third kappa shape index (κ3) is 4.76. The van der Waals surface area contributed by atoms with E-state index in [9.17, 15) is 0 Å². The second kappa shape index (κ2) is 6.23. The maximum atomic E-state index is 4.38. The fourth-order valence-corrected chi connectivity index (χ4v) is 1.92. The van der Waals surface area contributed by atoms with Gasteiger partial charge in [-0.2, -0.15) is 0 Å². The third-order valence-electron chi connectivity index (χ3n) is 2.59. The molecule has 0 aliphatic heterocycles. The van der Waals surface area contributed by atoms with E-state index in [2.05, 4.69) is 52.2 Å². The van der Waals surface area contributed by atoms with Crippen molar-refractivity contribution in [3.63, 3.8) is 0 Å². The minimum absolute atomic E-state index is 0.579. The van der Waals surface area contributed by atoms with Crippen LogP contribution in [0, 0.1) is 5.92 Å². The molecule has 0 aliphatic carbocycles. The van der Waals surface area contributed by atoms with E-state index < -0.39 is 0 Å². The van der Waals surface area contributed by atoms with Crippen molar-refractivity contribution in [3.05, 3.63) is 28.5 Å². The average molecular weight is 271 g/mol. The van der Waals surface area contributed by atoms with Crippen LogP contribution >= 0.6 is 15.9 Å². The number of rotatable bonds is 5. The minimum atomic E-state index is 0.579. The zero-order chi connectivity index (χ0) is 11.3. The Kier molecular flexibility index (Phi) is 5.26. The van der Waals surface area contributed by atoms with Crippen molar-refractivity contribution in [1.29, 1.82) is 0 Å². The summed E-state index contributed by atoms with van der Waals surface area (Å²) >= 11 is 3.39. The second-order valence-corrected chi connectivity index (χ2v) is 5.12. The predicted octanol–water partition coefficient (Wildman–Crippen LogP) is 3.02. The maximum absolute atomic E-state index is 4.38. The van der Waals surface area contributed by atoms with Gasteiger partial charge in [-0.15, -0.1) is 0 Å². The molecule has 0 saturated carbocycles. The molecule has 84 valence electrons. The molecule has 1 heterocycles. The van der Waals surface area contributed by atoms with Crippen molar-refractivity contribution >= 4 is 15.9 Å². The molecule has 1 aromatic rings. The first kappa shape index (κ1) is 12.7. The normalized spacial score (nSPS) is 14.9. The van der Waals surface area contributed by atoms with Gasteiger partial charge in [0.25, 0.3) is 0 Å². The number of hydrogen-bond donors (Lipinski definition) is 1. The Balaban J connectivity index is 2.44. The van der Waals surface area contributed by atoms with Gasteiger partial charge in [-0.3, -0.25) is 4.98 Å². The topological polar surface area (TPSA) is 24.9 Å². The van der Waals surface area contributed by atoms with Crippen molar-refractivity contribution in [2.75, 3.05) is 7.05 Å². The number of pyridine rings is 1. The van der Waals surface area contributed by atoms with Gasteiger partial charge in [0.05, 0.1) is 0 Å². The summed E-state index contributed by atoms with van der Waals surface area (Å²) in [6, 6.07) is 4.72. The summed E-state index contributed by atoms with van der Waals surface area (Å²) in [6.45, 7) is 4.49. The number of nitrogens with zero attached hydrogens (tertiary/aromatic N) is 1. The SMILES string of the molecule is CNC(C)CC(C)Cc1ccc(Br)cn1.